The van der Waals surface area contributed by atoms with Crippen molar-refractivity contribution in [2.24, 2.45) is 4.99 Å². The zero-order valence-corrected chi connectivity index (χ0v) is 15.4. The van der Waals surface area contributed by atoms with Gasteiger partial charge >= 0.3 is 0 Å². The van der Waals surface area contributed by atoms with Gasteiger partial charge in [0.05, 0.1) is 18.5 Å². The van der Waals surface area contributed by atoms with Crippen LogP contribution in [0.25, 0.3) is 11.3 Å². The zero-order chi connectivity index (χ0) is 16.2. The Morgan fingerprint density at radius 2 is 1.78 bits per heavy atom. The van der Waals surface area contributed by atoms with E-state index in [1.165, 1.54) is 11.3 Å². The smallest absolute Gasteiger partial charge is 0.190 e. The molecule has 0 bridgehead atoms. The molecule has 23 heavy (non-hydrogen) atoms. The standard InChI is InChI=1S/C18H17BrN2OS/c1-3-21-17(13-4-10-16(22-2)11-5-13)12-23-18(21)20-15-8-6-14(19)7-9-15/h4-12H,3H2,1-2H3. The highest BCUT2D eigenvalue weighted by Crippen LogP contribution is 2.23. The van der Waals surface area contributed by atoms with Crippen molar-refractivity contribution in [2.45, 2.75) is 13.5 Å². The number of rotatable bonds is 4. The Balaban J connectivity index is 2.03. The Bertz CT molecular complexity index is 848. The van der Waals surface area contributed by atoms with E-state index in [0.29, 0.717) is 0 Å². The van der Waals surface area contributed by atoms with Crippen LogP contribution < -0.4 is 9.54 Å². The van der Waals surface area contributed by atoms with Gasteiger partial charge in [-0.05, 0) is 61.0 Å². The molecule has 1 heterocycles. The van der Waals surface area contributed by atoms with Crippen LogP contribution in [-0.4, -0.2) is 11.7 Å². The van der Waals surface area contributed by atoms with E-state index >= 15 is 0 Å². The van der Waals surface area contributed by atoms with Crippen molar-refractivity contribution >= 4 is 33.0 Å². The van der Waals surface area contributed by atoms with E-state index in [1.807, 2.05) is 36.4 Å². The van der Waals surface area contributed by atoms with Gasteiger partial charge in [0.15, 0.2) is 4.80 Å². The molecule has 3 aromatic rings. The molecule has 1 aromatic heterocycles. The average Bonchev–Trinajstić information content (AvgIpc) is 2.99. The molecule has 0 fully saturated rings. The molecule has 0 aliphatic rings. The molecule has 0 aliphatic heterocycles. The fourth-order valence-electron chi connectivity index (χ4n) is 2.34. The van der Waals surface area contributed by atoms with Gasteiger partial charge in [0, 0.05) is 16.4 Å². The maximum Gasteiger partial charge on any atom is 0.190 e. The van der Waals surface area contributed by atoms with Gasteiger partial charge in [-0.1, -0.05) is 15.9 Å². The monoisotopic (exact) mass is 388 g/mol. The lowest BCUT2D eigenvalue weighted by molar-refractivity contribution is 0.415. The molecule has 0 amide bonds. The fourth-order valence-corrected chi connectivity index (χ4v) is 3.60. The number of benzene rings is 2. The van der Waals surface area contributed by atoms with Crippen LogP contribution in [0.2, 0.25) is 0 Å². The van der Waals surface area contributed by atoms with Gasteiger partial charge in [-0.15, -0.1) is 11.3 Å². The molecule has 0 N–H and O–H groups in total. The number of ether oxygens (including phenoxy) is 1. The highest BCUT2D eigenvalue weighted by molar-refractivity contribution is 9.10. The van der Waals surface area contributed by atoms with Crippen molar-refractivity contribution in [3.8, 4) is 17.0 Å². The largest absolute Gasteiger partial charge is 0.497 e. The van der Waals surface area contributed by atoms with E-state index in [0.717, 1.165) is 27.3 Å². The summed E-state index contributed by atoms with van der Waals surface area (Å²) >= 11 is 5.11. The number of hydrogen-bond acceptors (Lipinski definition) is 3. The number of nitrogens with zero attached hydrogens (tertiary/aromatic N) is 2. The molecule has 0 spiro atoms. The molecule has 0 unspecified atom stereocenters. The number of aromatic nitrogens is 1. The molecule has 3 nitrogen and oxygen atoms in total. The number of halogens is 1. The van der Waals surface area contributed by atoms with E-state index in [4.69, 9.17) is 9.73 Å². The van der Waals surface area contributed by atoms with E-state index in [1.54, 1.807) is 18.4 Å². The molecule has 0 saturated carbocycles. The van der Waals surface area contributed by atoms with Crippen molar-refractivity contribution in [2.75, 3.05) is 7.11 Å². The maximum atomic E-state index is 5.23. The maximum absolute atomic E-state index is 5.23. The highest BCUT2D eigenvalue weighted by atomic mass is 79.9. The van der Waals surface area contributed by atoms with Crippen LogP contribution in [0.3, 0.4) is 0 Å². The fraction of sp³-hybridized carbons (Fsp3) is 0.167. The molecule has 118 valence electrons. The minimum Gasteiger partial charge on any atom is -0.497 e. The summed E-state index contributed by atoms with van der Waals surface area (Å²) in [6, 6.07) is 16.2. The van der Waals surface area contributed by atoms with Crippen molar-refractivity contribution in [3.05, 3.63) is 63.2 Å². The first-order chi connectivity index (χ1) is 11.2. The summed E-state index contributed by atoms with van der Waals surface area (Å²) in [6.45, 7) is 3.01. The van der Waals surface area contributed by atoms with Gasteiger partial charge in [0.2, 0.25) is 0 Å². The second-order valence-electron chi connectivity index (χ2n) is 4.96. The van der Waals surface area contributed by atoms with Crippen LogP contribution in [-0.2, 0) is 6.54 Å². The first kappa shape index (κ1) is 16.0. The lowest BCUT2D eigenvalue weighted by Gasteiger charge is -2.07. The number of thiazole rings is 1. The third-order valence-electron chi connectivity index (χ3n) is 3.55. The Morgan fingerprint density at radius 3 is 2.39 bits per heavy atom. The first-order valence-corrected chi connectivity index (χ1v) is 9.01. The van der Waals surface area contributed by atoms with Crippen LogP contribution in [0.1, 0.15) is 6.92 Å². The molecule has 2 aromatic carbocycles. The molecule has 5 heteroatoms. The minimum atomic E-state index is 0.867. The van der Waals surface area contributed by atoms with Crippen LogP contribution in [0.5, 0.6) is 5.75 Å². The summed E-state index contributed by atoms with van der Waals surface area (Å²) < 4.78 is 8.52. The summed E-state index contributed by atoms with van der Waals surface area (Å²) in [5.41, 5.74) is 3.30. The highest BCUT2D eigenvalue weighted by Gasteiger charge is 2.07. The summed E-state index contributed by atoms with van der Waals surface area (Å²) in [5, 5.41) is 2.16. The van der Waals surface area contributed by atoms with Crippen molar-refractivity contribution < 1.29 is 4.74 Å². The summed E-state index contributed by atoms with van der Waals surface area (Å²) in [4.78, 5) is 5.77. The predicted molar refractivity (Wildman–Crippen MR) is 99.3 cm³/mol. The molecule has 0 radical (unpaired) electrons. The number of methoxy groups -OCH3 is 1. The molecule has 0 aliphatic carbocycles. The van der Waals surface area contributed by atoms with E-state index in [2.05, 4.69) is 44.9 Å². The lowest BCUT2D eigenvalue weighted by atomic mass is 10.1. The predicted octanol–water partition coefficient (Wildman–Crippen LogP) is 5.24. The normalized spacial score (nSPS) is 11.7. The van der Waals surface area contributed by atoms with E-state index < -0.39 is 0 Å². The third-order valence-corrected chi connectivity index (χ3v) is 4.94. The molecular formula is C18H17BrN2OS. The topological polar surface area (TPSA) is 26.5 Å². The Labute approximate surface area is 148 Å². The SMILES string of the molecule is CCn1c(-c2ccc(OC)cc2)csc1=Nc1ccc(Br)cc1. The van der Waals surface area contributed by atoms with Crippen LogP contribution >= 0.6 is 27.3 Å². The minimum absolute atomic E-state index is 0.867. The Hall–Kier alpha value is -1.85. The van der Waals surface area contributed by atoms with Crippen molar-refractivity contribution in [1.29, 1.82) is 0 Å². The second kappa shape index (κ2) is 7.15. The summed E-state index contributed by atoms with van der Waals surface area (Å²) in [5.74, 6) is 0.867. The zero-order valence-electron chi connectivity index (χ0n) is 13.0. The van der Waals surface area contributed by atoms with Crippen molar-refractivity contribution in [1.82, 2.24) is 4.57 Å². The van der Waals surface area contributed by atoms with Gasteiger partial charge in [-0.25, -0.2) is 4.99 Å². The Morgan fingerprint density at radius 1 is 1.09 bits per heavy atom. The van der Waals surface area contributed by atoms with Crippen LogP contribution in [0.4, 0.5) is 5.69 Å². The average molecular weight is 389 g/mol. The van der Waals surface area contributed by atoms with Gasteiger partial charge < -0.3 is 9.30 Å². The first-order valence-electron chi connectivity index (χ1n) is 7.34. The molecule has 3 rings (SSSR count). The van der Waals surface area contributed by atoms with E-state index in [9.17, 15) is 0 Å². The third kappa shape index (κ3) is 3.57. The Kier molecular flexibility index (Phi) is 4.98. The summed E-state index contributed by atoms with van der Waals surface area (Å²) in [7, 11) is 1.68. The van der Waals surface area contributed by atoms with Crippen LogP contribution in [0, 0.1) is 0 Å². The van der Waals surface area contributed by atoms with Gasteiger partial charge in [-0.3, -0.25) is 0 Å². The second-order valence-corrected chi connectivity index (χ2v) is 6.72. The van der Waals surface area contributed by atoms with Gasteiger partial charge in [0.25, 0.3) is 0 Å². The summed E-state index contributed by atoms with van der Waals surface area (Å²) in [6.07, 6.45) is 0. The molecule has 0 saturated heterocycles. The molecular weight excluding hydrogens is 372 g/mol. The van der Waals surface area contributed by atoms with Crippen LogP contribution in [0.15, 0.2) is 63.4 Å². The lowest BCUT2D eigenvalue weighted by Crippen LogP contribution is -2.14. The van der Waals surface area contributed by atoms with Crippen molar-refractivity contribution in [3.63, 3.8) is 0 Å². The van der Waals surface area contributed by atoms with E-state index in [-0.39, 0.29) is 0 Å². The quantitative estimate of drug-likeness (QED) is 0.599. The number of hydrogen-bond donors (Lipinski definition) is 0. The van der Waals surface area contributed by atoms with Gasteiger partial charge in [0.1, 0.15) is 5.75 Å². The van der Waals surface area contributed by atoms with Gasteiger partial charge in [-0.2, -0.15) is 0 Å². The molecule has 0 atom stereocenters.